The zero-order valence-corrected chi connectivity index (χ0v) is 11.8. The molecule has 0 aromatic heterocycles. The van der Waals surface area contributed by atoms with Gasteiger partial charge in [0.05, 0.1) is 0 Å². The van der Waals surface area contributed by atoms with Gasteiger partial charge >= 0.3 is 75.0 Å². The minimum atomic E-state index is -5.25. The van der Waals surface area contributed by atoms with Crippen LogP contribution >= 0.6 is 0 Å². The third kappa shape index (κ3) is 53.1. The maximum atomic E-state index is 8.82. The van der Waals surface area contributed by atoms with Gasteiger partial charge in [-0.05, 0) is 0 Å². The molecule has 0 unspecified atom stereocenters. The van der Waals surface area contributed by atoms with E-state index in [1.807, 2.05) is 0 Å². The van der Waals surface area contributed by atoms with Gasteiger partial charge in [-0.25, -0.2) is 0 Å². The van der Waals surface area contributed by atoms with Crippen molar-refractivity contribution < 1.29 is 68.0 Å². The first-order valence-corrected chi connectivity index (χ1v) is 2.88. The largest absolute Gasteiger partial charge is 2.00 e. The molecule has 0 aliphatic carbocycles. The van der Waals surface area contributed by atoms with E-state index in [4.69, 9.17) is 15.9 Å². The van der Waals surface area contributed by atoms with E-state index in [0.717, 1.165) is 0 Å². The molecule has 4 nitrogen and oxygen atoms in total. The average molecular weight is 347 g/mol. The van der Waals surface area contributed by atoms with Gasteiger partial charge in [0.25, 0.3) is 0 Å². The molecule has 0 heterocycles. The summed E-state index contributed by atoms with van der Waals surface area (Å²) in [5.41, 5.74) is 0. The molecule has 0 amide bonds. The maximum Gasteiger partial charge on any atom is 2.00 e. The molecule has 0 aromatic carbocycles. The third-order valence-corrected chi connectivity index (χ3v) is 0. The maximum absolute atomic E-state index is 8.82. The molecule has 0 aliphatic heterocycles. The van der Waals surface area contributed by atoms with Crippen LogP contribution in [0.4, 0.5) is 0 Å². The molecule has 2 N–H and O–H groups in total. The van der Waals surface area contributed by atoms with E-state index >= 15 is 0 Å². The molecule has 0 atom stereocenters. The van der Waals surface area contributed by atoms with Crippen LogP contribution < -0.4 is 0 Å². The van der Waals surface area contributed by atoms with Crippen molar-refractivity contribution >= 4 is 45.5 Å². The Morgan fingerprint density at radius 1 is 1.29 bits per heavy atom. The number of hydrogen-bond donors (Lipinski definition) is 2. The quantitative estimate of drug-likeness (QED) is 0.523. The van der Waals surface area contributed by atoms with E-state index in [-0.39, 0.29) is 83.9 Å². The van der Waals surface area contributed by atoms with Crippen LogP contribution in [-0.4, -0.2) is 53.8 Å². The normalized spacial score (nSPS) is 8.29. The second-order valence-corrected chi connectivity index (χ2v) is 1.85. The molecule has 0 aliphatic rings. The molecule has 0 bridgehead atoms. The average Bonchev–Trinajstić information content (AvgIpc) is 0.722. The van der Waals surface area contributed by atoms with Crippen molar-refractivity contribution in [3.8, 4) is 0 Å². The van der Waals surface area contributed by atoms with E-state index in [1.54, 1.807) is 0 Å². The fourth-order valence-electron chi connectivity index (χ4n) is 0. The first kappa shape index (κ1) is 16.4. The molecular weight excluding hydrogens is 343 g/mol. The van der Waals surface area contributed by atoms with Crippen molar-refractivity contribution in [1.29, 1.82) is 0 Å². The summed E-state index contributed by atoms with van der Waals surface area (Å²) in [4.78, 5) is 0. The first-order chi connectivity index (χ1) is 2.00. The van der Waals surface area contributed by atoms with Gasteiger partial charge in [-0.1, -0.05) is 0 Å². The van der Waals surface area contributed by atoms with Crippen LogP contribution in [0.3, 0.4) is 0 Å². The topological polar surface area (TPSA) is 74.6 Å². The number of hydrogen-bond acceptors (Lipinski definition) is 2. The van der Waals surface area contributed by atoms with Crippen LogP contribution in [0, 0.1) is 35.6 Å². The minimum Gasteiger partial charge on any atom is 2.00 e. The second-order valence-electron chi connectivity index (χ2n) is 0.448. The molecule has 0 aromatic rings. The van der Waals surface area contributed by atoms with E-state index < -0.39 is 13.6 Å². The molecule has 0 spiro atoms. The van der Waals surface area contributed by atoms with Crippen LogP contribution in [0.15, 0.2) is 0 Å². The standard InChI is InChI=1S/Cr.La.2H2O.2O.Sr.2H/h;;2*1H2;;;;;/q+2;;;;;;+2;2*-1/p-2. The summed E-state index contributed by atoms with van der Waals surface area (Å²) in [6, 6.07) is 0. The van der Waals surface area contributed by atoms with Crippen LogP contribution in [0.25, 0.3) is 0 Å². The molecule has 39 valence electrons. The molecule has 0 rings (SSSR count). The number of rotatable bonds is 0. The van der Waals surface area contributed by atoms with Crippen LogP contribution in [-0.2, 0) is 21.2 Å². The molecule has 1 radical (unpaired) electrons. The van der Waals surface area contributed by atoms with E-state index in [9.17, 15) is 0 Å². The Balaban J connectivity index is -0.0000000133. The van der Waals surface area contributed by atoms with Crippen molar-refractivity contribution in [2.75, 3.05) is 0 Å². The molecule has 7 heavy (non-hydrogen) atoms. The Morgan fingerprint density at radius 3 is 1.29 bits per heavy atom. The van der Waals surface area contributed by atoms with Crippen LogP contribution in [0.5, 0.6) is 0 Å². The zero-order valence-electron chi connectivity index (χ0n) is 5.40. The van der Waals surface area contributed by atoms with Gasteiger partial charge < -0.3 is 2.85 Å². The molecule has 0 saturated heterocycles. The summed E-state index contributed by atoms with van der Waals surface area (Å²) < 4.78 is 31.9. The molecule has 7 heteroatoms. The Morgan fingerprint density at radius 2 is 1.29 bits per heavy atom. The molecule has 0 fully saturated rings. The van der Waals surface area contributed by atoms with Gasteiger partial charge in [0.1, 0.15) is 0 Å². The summed E-state index contributed by atoms with van der Waals surface area (Å²) in [5.74, 6) is 0. The van der Waals surface area contributed by atoms with Crippen molar-refractivity contribution in [2.24, 2.45) is 0 Å². The van der Waals surface area contributed by atoms with E-state index in [2.05, 4.69) is 0 Å². The Bertz CT molecular complexity index is 102. The summed E-state index contributed by atoms with van der Waals surface area (Å²) >= 11 is -5.25. The second kappa shape index (κ2) is 6.84. The smallest absolute Gasteiger partial charge is 2.00 e. The van der Waals surface area contributed by atoms with Crippen molar-refractivity contribution in [3.63, 3.8) is 0 Å². The summed E-state index contributed by atoms with van der Waals surface area (Å²) in [5, 5.41) is 0. The minimum absolute atomic E-state index is 0. The van der Waals surface area contributed by atoms with Gasteiger partial charge in [-0.3, -0.25) is 0 Å². The van der Waals surface area contributed by atoms with Gasteiger partial charge in [0.2, 0.25) is 0 Å². The third-order valence-electron chi connectivity index (χ3n) is 0. The zero-order chi connectivity index (χ0) is 4.50. The van der Waals surface area contributed by atoms with Crippen molar-refractivity contribution in [3.05, 3.63) is 0 Å². The molecule has 0 saturated carbocycles. The predicted octanol–water partition coefficient (Wildman–Crippen LogP) is -1.51. The SMILES string of the molecule is [H-].[H-].[La].[O]=[Cr](=[O])([OH])[OH].[Sr+2]. The van der Waals surface area contributed by atoms with Crippen LogP contribution in [0.2, 0.25) is 0 Å². The fourth-order valence-corrected chi connectivity index (χ4v) is 0. The fraction of sp³-hybridized carbons (Fsp3) is 0. The van der Waals surface area contributed by atoms with Crippen LogP contribution in [0.1, 0.15) is 2.85 Å². The Kier molecular flexibility index (Phi) is 16.0. The van der Waals surface area contributed by atoms with E-state index in [1.165, 1.54) is 0 Å². The summed E-state index contributed by atoms with van der Waals surface area (Å²) in [6.07, 6.45) is 0. The van der Waals surface area contributed by atoms with Gasteiger partial charge in [-0.15, -0.1) is 0 Å². The first-order valence-electron chi connectivity index (χ1n) is 0.698. The van der Waals surface area contributed by atoms with E-state index in [0.29, 0.717) is 0 Å². The van der Waals surface area contributed by atoms with Crippen molar-refractivity contribution in [2.45, 2.75) is 0 Å². The van der Waals surface area contributed by atoms with Gasteiger partial charge in [0.15, 0.2) is 0 Å². The Labute approximate surface area is 111 Å². The van der Waals surface area contributed by atoms with Gasteiger partial charge in [0, 0.05) is 35.6 Å². The summed E-state index contributed by atoms with van der Waals surface area (Å²) in [6.45, 7) is 0. The Hall–Kier alpha value is 2.73. The summed E-state index contributed by atoms with van der Waals surface area (Å²) in [7, 11) is 0. The molecular formula is H4CrLaO4Sr. The monoisotopic (exact) mass is 347 g/mol. The van der Waals surface area contributed by atoms with Crippen molar-refractivity contribution in [1.82, 2.24) is 0 Å². The van der Waals surface area contributed by atoms with Gasteiger partial charge in [-0.2, -0.15) is 0 Å². The predicted molar refractivity (Wildman–Crippen MR) is 13.8 cm³/mol.